The third-order valence-corrected chi connectivity index (χ3v) is 3.94. The van der Waals surface area contributed by atoms with Gasteiger partial charge in [-0.3, -0.25) is 14.5 Å². The van der Waals surface area contributed by atoms with Crippen molar-refractivity contribution in [3.63, 3.8) is 0 Å². The summed E-state index contributed by atoms with van der Waals surface area (Å²) in [6.45, 7) is 0. The van der Waals surface area contributed by atoms with Crippen molar-refractivity contribution in [3.8, 4) is 0 Å². The van der Waals surface area contributed by atoms with E-state index >= 15 is 0 Å². The molecule has 21 heavy (non-hydrogen) atoms. The van der Waals surface area contributed by atoms with Crippen LogP contribution in [0.3, 0.4) is 0 Å². The zero-order chi connectivity index (χ0) is 15.0. The molecule has 1 aliphatic rings. The Labute approximate surface area is 130 Å². The SMILES string of the molecule is CN(C(=O)c1cccn(C2CC2)c1=O)c1cccc(Br)n1. The molecule has 3 rings (SSSR count). The van der Waals surface area contributed by atoms with Gasteiger partial charge in [-0.15, -0.1) is 0 Å². The average molecular weight is 348 g/mol. The molecule has 0 saturated heterocycles. The quantitative estimate of drug-likeness (QED) is 0.802. The Bertz CT molecular complexity index is 753. The molecule has 1 saturated carbocycles. The molecule has 5 nitrogen and oxygen atoms in total. The maximum Gasteiger partial charge on any atom is 0.264 e. The van der Waals surface area contributed by atoms with E-state index in [0.717, 1.165) is 12.8 Å². The minimum Gasteiger partial charge on any atom is -0.312 e. The van der Waals surface area contributed by atoms with Crippen molar-refractivity contribution in [2.45, 2.75) is 18.9 Å². The van der Waals surface area contributed by atoms with Crippen LogP contribution in [0.15, 0.2) is 45.9 Å². The molecule has 0 spiro atoms. The van der Waals surface area contributed by atoms with E-state index in [9.17, 15) is 9.59 Å². The number of carbonyl (C=O) groups excluding carboxylic acids is 1. The molecule has 1 aliphatic carbocycles. The lowest BCUT2D eigenvalue weighted by atomic mass is 10.2. The van der Waals surface area contributed by atoms with Crippen molar-refractivity contribution in [1.29, 1.82) is 0 Å². The fourth-order valence-corrected chi connectivity index (χ4v) is 2.52. The number of pyridine rings is 2. The number of carbonyl (C=O) groups is 1. The summed E-state index contributed by atoms with van der Waals surface area (Å²) in [7, 11) is 1.62. The molecular formula is C15H14BrN3O2. The van der Waals surface area contributed by atoms with Gasteiger partial charge in [0, 0.05) is 19.3 Å². The van der Waals surface area contributed by atoms with Crippen LogP contribution in [0.25, 0.3) is 0 Å². The predicted molar refractivity (Wildman–Crippen MR) is 83.6 cm³/mol. The molecular weight excluding hydrogens is 334 g/mol. The minimum atomic E-state index is -0.347. The highest BCUT2D eigenvalue weighted by molar-refractivity contribution is 9.10. The van der Waals surface area contributed by atoms with Crippen molar-refractivity contribution in [3.05, 3.63) is 57.0 Å². The Hall–Kier alpha value is -1.95. The van der Waals surface area contributed by atoms with Gasteiger partial charge in [0.15, 0.2) is 0 Å². The van der Waals surface area contributed by atoms with Gasteiger partial charge in [0.2, 0.25) is 0 Å². The van der Waals surface area contributed by atoms with E-state index in [4.69, 9.17) is 0 Å². The molecule has 0 aromatic carbocycles. The van der Waals surface area contributed by atoms with Gasteiger partial charge in [-0.2, -0.15) is 0 Å². The Morgan fingerprint density at radius 3 is 2.76 bits per heavy atom. The first kappa shape index (κ1) is 14.0. The van der Waals surface area contributed by atoms with Crippen molar-refractivity contribution in [2.75, 3.05) is 11.9 Å². The van der Waals surface area contributed by atoms with Gasteiger partial charge < -0.3 is 4.57 Å². The zero-order valence-corrected chi connectivity index (χ0v) is 13.1. The highest BCUT2D eigenvalue weighted by Gasteiger charge is 2.27. The smallest absolute Gasteiger partial charge is 0.264 e. The van der Waals surface area contributed by atoms with E-state index in [1.54, 1.807) is 48.1 Å². The van der Waals surface area contributed by atoms with Gasteiger partial charge >= 0.3 is 0 Å². The third kappa shape index (κ3) is 2.76. The molecule has 1 amide bonds. The topological polar surface area (TPSA) is 55.2 Å². The number of hydrogen-bond acceptors (Lipinski definition) is 3. The number of hydrogen-bond donors (Lipinski definition) is 0. The summed E-state index contributed by atoms with van der Waals surface area (Å²) in [5.74, 6) is 0.149. The predicted octanol–water partition coefficient (Wildman–Crippen LogP) is 2.62. The van der Waals surface area contributed by atoms with Gasteiger partial charge in [0.05, 0.1) is 0 Å². The second-order valence-electron chi connectivity index (χ2n) is 5.05. The van der Waals surface area contributed by atoms with Crippen LogP contribution in [0.4, 0.5) is 5.82 Å². The van der Waals surface area contributed by atoms with Gasteiger partial charge in [-0.25, -0.2) is 4.98 Å². The summed E-state index contributed by atoms with van der Waals surface area (Å²) in [5, 5.41) is 0. The number of anilines is 1. The summed E-state index contributed by atoms with van der Waals surface area (Å²) < 4.78 is 2.29. The number of rotatable bonds is 3. The van der Waals surface area contributed by atoms with Gasteiger partial charge in [0.1, 0.15) is 16.0 Å². The summed E-state index contributed by atoms with van der Waals surface area (Å²) in [4.78, 5) is 30.5. The van der Waals surface area contributed by atoms with E-state index in [2.05, 4.69) is 20.9 Å². The lowest BCUT2D eigenvalue weighted by Gasteiger charge is -2.16. The Kier molecular flexibility index (Phi) is 3.63. The third-order valence-electron chi connectivity index (χ3n) is 3.49. The number of halogens is 1. The van der Waals surface area contributed by atoms with Crippen LogP contribution in [0.5, 0.6) is 0 Å². The molecule has 6 heteroatoms. The zero-order valence-electron chi connectivity index (χ0n) is 11.5. The van der Waals surface area contributed by atoms with Crippen LogP contribution in [0, 0.1) is 0 Å². The van der Waals surface area contributed by atoms with Crippen LogP contribution in [0.1, 0.15) is 29.2 Å². The lowest BCUT2D eigenvalue weighted by molar-refractivity contribution is 0.0990. The van der Waals surface area contributed by atoms with Crippen LogP contribution in [0.2, 0.25) is 0 Å². The summed E-state index contributed by atoms with van der Waals surface area (Å²) in [5.41, 5.74) is -0.0551. The molecule has 0 radical (unpaired) electrons. The highest BCUT2D eigenvalue weighted by Crippen LogP contribution is 2.33. The normalized spacial score (nSPS) is 14.0. The molecule has 0 aliphatic heterocycles. The van der Waals surface area contributed by atoms with E-state index in [1.807, 2.05) is 0 Å². The lowest BCUT2D eigenvalue weighted by Crippen LogP contribution is -2.34. The van der Waals surface area contributed by atoms with Crippen molar-refractivity contribution < 1.29 is 4.79 Å². The molecule has 2 aromatic heterocycles. The first-order valence-electron chi connectivity index (χ1n) is 6.69. The molecule has 0 atom stereocenters. The molecule has 1 fully saturated rings. The van der Waals surface area contributed by atoms with E-state index in [-0.39, 0.29) is 23.1 Å². The van der Waals surface area contributed by atoms with Crippen LogP contribution in [-0.2, 0) is 0 Å². The first-order chi connectivity index (χ1) is 10.1. The first-order valence-corrected chi connectivity index (χ1v) is 7.49. The second kappa shape index (κ2) is 5.44. The fraction of sp³-hybridized carbons (Fsp3) is 0.267. The van der Waals surface area contributed by atoms with Crippen molar-refractivity contribution in [1.82, 2.24) is 9.55 Å². The standard InChI is InChI=1S/C15H14BrN3O2/c1-18(13-6-2-5-12(16)17-13)14(20)11-4-3-9-19(15(11)21)10-7-8-10/h2-6,9-10H,7-8H2,1H3. The monoisotopic (exact) mass is 347 g/mol. The maximum atomic E-state index is 12.5. The molecule has 2 aromatic rings. The Balaban J connectivity index is 1.95. The fourth-order valence-electron chi connectivity index (χ4n) is 2.18. The Morgan fingerprint density at radius 1 is 1.33 bits per heavy atom. The Morgan fingerprint density at radius 2 is 2.10 bits per heavy atom. The summed E-state index contributed by atoms with van der Waals surface area (Å²) in [6.07, 6.45) is 3.75. The van der Waals surface area contributed by atoms with Crippen molar-refractivity contribution >= 4 is 27.7 Å². The van der Waals surface area contributed by atoms with Crippen LogP contribution in [-0.4, -0.2) is 22.5 Å². The minimum absolute atomic E-state index is 0.175. The van der Waals surface area contributed by atoms with Crippen LogP contribution >= 0.6 is 15.9 Å². The number of amides is 1. The molecule has 0 unspecified atom stereocenters. The number of aromatic nitrogens is 2. The molecule has 0 N–H and O–H groups in total. The molecule has 2 heterocycles. The molecule has 0 bridgehead atoms. The second-order valence-corrected chi connectivity index (χ2v) is 5.86. The van der Waals surface area contributed by atoms with E-state index < -0.39 is 0 Å². The summed E-state index contributed by atoms with van der Waals surface area (Å²) in [6, 6.07) is 8.87. The van der Waals surface area contributed by atoms with Gasteiger partial charge in [-0.05, 0) is 53.0 Å². The highest BCUT2D eigenvalue weighted by atomic mass is 79.9. The average Bonchev–Trinajstić information content (AvgIpc) is 3.30. The van der Waals surface area contributed by atoms with Crippen molar-refractivity contribution in [2.24, 2.45) is 0 Å². The van der Waals surface area contributed by atoms with E-state index in [0.29, 0.717) is 10.4 Å². The van der Waals surface area contributed by atoms with Gasteiger partial charge in [0.25, 0.3) is 11.5 Å². The number of nitrogens with zero attached hydrogens (tertiary/aromatic N) is 3. The molecule has 108 valence electrons. The maximum absolute atomic E-state index is 12.5. The largest absolute Gasteiger partial charge is 0.312 e. The van der Waals surface area contributed by atoms with E-state index in [1.165, 1.54) is 4.90 Å². The summed E-state index contributed by atoms with van der Waals surface area (Å²) >= 11 is 3.27. The van der Waals surface area contributed by atoms with Crippen LogP contribution < -0.4 is 10.5 Å². The van der Waals surface area contributed by atoms with Gasteiger partial charge in [-0.1, -0.05) is 6.07 Å².